The Hall–Kier alpha value is -1.92. The lowest BCUT2D eigenvalue weighted by molar-refractivity contribution is -0.137. The van der Waals surface area contributed by atoms with Crippen LogP contribution in [0, 0.1) is 25.6 Å². The first-order chi connectivity index (χ1) is 12.8. The molecule has 2 heterocycles. The molecule has 1 aliphatic heterocycles. The molecule has 0 radical (unpaired) electrons. The van der Waals surface area contributed by atoms with Crippen LogP contribution in [-0.2, 0) is 17.9 Å². The summed E-state index contributed by atoms with van der Waals surface area (Å²) < 4.78 is 14.8. The Morgan fingerprint density at radius 2 is 1.81 bits per heavy atom. The molecule has 1 unspecified atom stereocenters. The Kier molecular flexibility index (Phi) is 6.17. The van der Waals surface area contributed by atoms with Crippen molar-refractivity contribution < 1.29 is 9.18 Å². The predicted molar refractivity (Wildman–Crippen MR) is 104 cm³/mol. The van der Waals surface area contributed by atoms with Crippen molar-refractivity contribution in [1.29, 1.82) is 0 Å². The molecule has 2 aromatic rings. The highest BCUT2D eigenvalue weighted by Crippen LogP contribution is 2.20. The number of carbonyl (C=O) groups excluding carboxylic acids is 1. The van der Waals surface area contributed by atoms with Crippen LogP contribution >= 0.6 is 11.6 Å². The number of hydrogen-bond acceptors (Lipinski definition) is 3. The lowest BCUT2D eigenvalue weighted by Crippen LogP contribution is -2.50. The quantitative estimate of drug-likeness (QED) is 0.784. The van der Waals surface area contributed by atoms with E-state index in [1.165, 1.54) is 12.1 Å². The zero-order valence-electron chi connectivity index (χ0n) is 16.1. The second-order valence-electron chi connectivity index (χ2n) is 7.30. The van der Waals surface area contributed by atoms with E-state index < -0.39 is 0 Å². The monoisotopic (exact) mass is 392 g/mol. The van der Waals surface area contributed by atoms with Gasteiger partial charge in [0.2, 0.25) is 5.91 Å². The molecular weight excluding hydrogens is 367 g/mol. The predicted octanol–water partition coefficient (Wildman–Crippen LogP) is 3.27. The Labute approximate surface area is 164 Å². The van der Waals surface area contributed by atoms with Gasteiger partial charge in [-0.15, -0.1) is 0 Å². The smallest absolute Gasteiger partial charge is 0.227 e. The summed E-state index contributed by atoms with van der Waals surface area (Å²) in [6.45, 7) is 10.1. The number of nitrogens with zero attached hydrogens (tertiary/aromatic N) is 4. The largest absolute Gasteiger partial charge is 0.340 e. The van der Waals surface area contributed by atoms with Crippen molar-refractivity contribution >= 4 is 17.5 Å². The number of amides is 1. The third kappa shape index (κ3) is 4.68. The molecule has 7 heteroatoms. The van der Waals surface area contributed by atoms with Crippen molar-refractivity contribution in [2.45, 2.75) is 33.9 Å². The summed E-state index contributed by atoms with van der Waals surface area (Å²) in [4.78, 5) is 17.0. The zero-order chi connectivity index (χ0) is 19.6. The van der Waals surface area contributed by atoms with Crippen LogP contribution in [0.2, 0.25) is 5.02 Å². The molecule has 1 amide bonds. The number of carbonyl (C=O) groups is 1. The number of aromatic nitrogens is 2. The highest BCUT2D eigenvalue weighted by Gasteiger charge is 2.26. The fourth-order valence-electron chi connectivity index (χ4n) is 3.48. The minimum absolute atomic E-state index is 0.150. The molecule has 1 aromatic heterocycles. The minimum Gasteiger partial charge on any atom is -0.340 e. The summed E-state index contributed by atoms with van der Waals surface area (Å²) in [6, 6.07) is 6.60. The number of rotatable bonds is 5. The third-order valence-electron chi connectivity index (χ3n) is 5.16. The van der Waals surface area contributed by atoms with Crippen LogP contribution in [0.5, 0.6) is 0 Å². The fourth-order valence-corrected chi connectivity index (χ4v) is 3.61. The summed E-state index contributed by atoms with van der Waals surface area (Å²) in [7, 11) is 0. The normalized spacial score (nSPS) is 16.6. The molecule has 1 fully saturated rings. The van der Waals surface area contributed by atoms with Crippen LogP contribution in [0.3, 0.4) is 0 Å². The lowest BCUT2D eigenvalue weighted by Gasteiger charge is -2.36. The highest BCUT2D eigenvalue weighted by atomic mass is 35.5. The average molecular weight is 393 g/mol. The van der Waals surface area contributed by atoms with Gasteiger partial charge in [-0.3, -0.25) is 14.4 Å². The van der Waals surface area contributed by atoms with E-state index in [0.717, 1.165) is 36.6 Å². The Morgan fingerprint density at radius 1 is 1.19 bits per heavy atom. The second-order valence-corrected chi connectivity index (χ2v) is 7.67. The maximum atomic E-state index is 13.0. The van der Waals surface area contributed by atoms with E-state index in [2.05, 4.69) is 10.00 Å². The topological polar surface area (TPSA) is 41.4 Å². The molecule has 1 aromatic carbocycles. The van der Waals surface area contributed by atoms with E-state index in [-0.39, 0.29) is 17.6 Å². The Balaban J connectivity index is 1.51. The van der Waals surface area contributed by atoms with Gasteiger partial charge < -0.3 is 4.90 Å². The van der Waals surface area contributed by atoms with Gasteiger partial charge in [0.25, 0.3) is 0 Å². The highest BCUT2D eigenvalue weighted by molar-refractivity contribution is 6.31. The van der Waals surface area contributed by atoms with Crippen LogP contribution in [0.15, 0.2) is 24.3 Å². The molecule has 1 atom stereocenters. The zero-order valence-corrected chi connectivity index (χ0v) is 16.8. The van der Waals surface area contributed by atoms with E-state index in [1.807, 2.05) is 42.5 Å². The fraction of sp³-hybridized carbons (Fsp3) is 0.500. The third-order valence-corrected chi connectivity index (χ3v) is 5.71. The summed E-state index contributed by atoms with van der Waals surface area (Å²) in [5, 5.41) is 5.09. The number of benzene rings is 1. The maximum Gasteiger partial charge on any atom is 0.227 e. The second kappa shape index (κ2) is 8.40. The summed E-state index contributed by atoms with van der Waals surface area (Å²) in [5.41, 5.74) is 2.78. The van der Waals surface area contributed by atoms with Crippen molar-refractivity contribution in [3.05, 3.63) is 52.1 Å². The molecule has 0 bridgehead atoms. The molecule has 0 spiro atoms. The minimum atomic E-state index is -0.216. The van der Waals surface area contributed by atoms with Gasteiger partial charge in [-0.05, 0) is 31.5 Å². The molecule has 0 saturated carbocycles. The number of piperazine rings is 1. The van der Waals surface area contributed by atoms with E-state index in [9.17, 15) is 9.18 Å². The maximum absolute atomic E-state index is 13.0. The lowest BCUT2D eigenvalue weighted by atomic mass is 10.1. The molecule has 27 heavy (non-hydrogen) atoms. The SMILES string of the molecule is Cc1nn(CC(C)C(=O)N2CCN(Cc3ccc(F)cc3)CC2)c(C)c1Cl. The molecule has 0 aliphatic carbocycles. The van der Waals surface area contributed by atoms with Crippen LogP contribution in [0.4, 0.5) is 4.39 Å². The molecular formula is C20H26ClFN4O. The van der Waals surface area contributed by atoms with Gasteiger partial charge in [0.1, 0.15) is 5.82 Å². The molecule has 3 rings (SSSR count). The van der Waals surface area contributed by atoms with Crippen molar-refractivity contribution in [3.8, 4) is 0 Å². The number of aryl methyl sites for hydroxylation is 1. The van der Waals surface area contributed by atoms with Crippen molar-refractivity contribution in [3.63, 3.8) is 0 Å². The van der Waals surface area contributed by atoms with Crippen molar-refractivity contribution in [2.24, 2.45) is 5.92 Å². The summed E-state index contributed by atoms with van der Waals surface area (Å²) in [6.07, 6.45) is 0. The number of halogens is 2. The van der Waals surface area contributed by atoms with Crippen LogP contribution in [0.1, 0.15) is 23.9 Å². The van der Waals surface area contributed by atoms with Gasteiger partial charge in [-0.2, -0.15) is 5.10 Å². The van der Waals surface area contributed by atoms with Gasteiger partial charge in [0.15, 0.2) is 0 Å². The Morgan fingerprint density at radius 3 is 2.37 bits per heavy atom. The van der Waals surface area contributed by atoms with Gasteiger partial charge in [0.05, 0.1) is 28.9 Å². The van der Waals surface area contributed by atoms with Crippen molar-refractivity contribution in [2.75, 3.05) is 26.2 Å². The Bertz CT molecular complexity index is 797. The standard InChI is InChI=1S/C20H26ClFN4O/c1-14(12-26-16(3)19(21)15(2)23-26)20(27)25-10-8-24(9-11-25)13-17-4-6-18(22)7-5-17/h4-7,14H,8-13H2,1-3H3. The first-order valence-corrected chi connectivity index (χ1v) is 9.68. The van der Waals surface area contributed by atoms with E-state index >= 15 is 0 Å². The molecule has 0 N–H and O–H groups in total. The average Bonchev–Trinajstić information content (AvgIpc) is 2.90. The van der Waals surface area contributed by atoms with Gasteiger partial charge in [-0.25, -0.2) is 4.39 Å². The van der Waals surface area contributed by atoms with Gasteiger partial charge >= 0.3 is 0 Å². The molecule has 5 nitrogen and oxygen atoms in total. The van der Waals surface area contributed by atoms with Gasteiger partial charge in [-0.1, -0.05) is 30.7 Å². The van der Waals surface area contributed by atoms with Crippen LogP contribution in [-0.4, -0.2) is 51.7 Å². The summed E-state index contributed by atoms with van der Waals surface area (Å²) in [5.74, 6) is -0.213. The van der Waals surface area contributed by atoms with Crippen LogP contribution < -0.4 is 0 Å². The van der Waals surface area contributed by atoms with Gasteiger partial charge in [0, 0.05) is 32.7 Å². The molecule has 1 aliphatic rings. The summed E-state index contributed by atoms with van der Waals surface area (Å²) >= 11 is 6.20. The first kappa shape index (κ1) is 19.8. The van der Waals surface area contributed by atoms with Crippen LogP contribution in [0.25, 0.3) is 0 Å². The molecule has 146 valence electrons. The van der Waals surface area contributed by atoms with E-state index in [0.29, 0.717) is 24.7 Å². The van der Waals surface area contributed by atoms with E-state index in [1.54, 1.807) is 0 Å². The number of hydrogen-bond donors (Lipinski definition) is 0. The van der Waals surface area contributed by atoms with Crippen molar-refractivity contribution in [1.82, 2.24) is 19.6 Å². The molecule has 1 saturated heterocycles. The van der Waals surface area contributed by atoms with E-state index in [4.69, 9.17) is 11.6 Å². The first-order valence-electron chi connectivity index (χ1n) is 9.30.